The number of carbonyl (C=O) groups is 1. The molecule has 0 saturated heterocycles. The molecule has 0 radical (unpaired) electrons. The lowest BCUT2D eigenvalue weighted by Gasteiger charge is -2.06. The van der Waals surface area contributed by atoms with Crippen LogP contribution in [0.2, 0.25) is 5.02 Å². The lowest BCUT2D eigenvalue weighted by Crippen LogP contribution is -2.22. The fraction of sp³-hybridized carbons (Fsp3) is 0.143. The largest absolute Gasteiger partial charge is 0.480 e. The van der Waals surface area contributed by atoms with Gasteiger partial charge in [0.25, 0.3) is 0 Å². The minimum absolute atomic E-state index is 0.187. The Kier molecular flexibility index (Phi) is 2.62. The molecule has 0 fully saturated rings. The highest BCUT2D eigenvalue weighted by molar-refractivity contribution is 6.31. The maximum Gasteiger partial charge on any atom is 0.326 e. The maximum atomic E-state index is 10.4. The van der Waals surface area contributed by atoms with E-state index >= 15 is 0 Å². The quantitative estimate of drug-likeness (QED) is 0.717. The molecule has 4 nitrogen and oxygen atoms in total. The van der Waals surface area contributed by atoms with Gasteiger partial charge in [-0.1, -0.05) is 11.6 Å². The summed E-state index contributed by atoms with van der Waals surface area (Å²) in [6.07, 6.45) is 1.45. The molecular weight excluding hydrogens is 180 g/mol. The van der Waals surface area contributed by atoms with E-state index in [0.717, 1.165) is 0 Å². The van der Waals surface area contributed by atoms with Gasteiger partial charge in [0, 0.05) is 6.20 Å². The Morgan fingerprint density at radius 1 is 1.75 bits per heavy atom. The van der Waals surface area contributed by atoms with Crippen molar-refractivity contribution in [2.45, 2.75) is 6.04 Å². The third-order valence-electron chi connectivity index (χ3n) is 1.35. The predicted octanol–water partition coefficient (Wildman–Crippen LogP) is 0.819. The number of aromatic nitrogens is 1. The van der Waals surface area contributed by atoms with Gasteiger partial charge in [-0.15, -0.1) is 0 Å². The van der Waals surface area contributed by atoms with Crippen molar-refractivity contribution in [1.82, 2.24) is 4.98 Å². The normalized spacial score (nSPS) is 12.5. The Bertz CT molecular complexity index is 303. The van der Waals surface area contributed by atoms with Crippen molar-refractivity contribution in [3.05, 3.63) is 29.0 Å². The van der Waals surface area contributed by atoms with Gasteiger partial charge in [-0.2, -0.15) is 0 Å². The molecule has 0 aliphatic rings. The van der Waals surface area contributed by atoms with Gasteiger partial charge < -0.3 is 10.8 Å². The molecule has 0 aliphatic heterocycles. The first-order chi connectivity index (χ1) is 5.63. The number of aliphatic carboxylic acids is 1. The molecule has 3 N–H and O–H groups in total. The summed E-state index contributed by atoms with van der Waals surface area (Å²) < 4.78 is 0. The molecule has 0 aliphatic carbocycles. The molecule has 1 heterocycles. The molecule has 0 bridgehead atoms. The van der Waals surface area contributed by atoms with Crippen molar-refractivity contribution in [3.63, 3.8) is 0 Å². The molecule has 12 heavy (non-hydrogen) atoms. The van der Waals surface area contributed by atoms with E-state index in [9.17, 15) is 4.79 Å². The molecule has 1 atom stereocenters. The molecule has 64 valence electrons. The van der Waals surface area contributed by atoms with Crippen LogP contribution in [0.5, 0.6) is 0 Å². The average molecular weight is 187 g/mol. The summed E-state index contributed by atoms with van der Waals surface area (Å²) in [5.74, 6) is -1.14. The van der Waals surface area contributed by atoms with Crippen molar-refractivity contribution in [3.8, 4) is 0 Å². The molecule has 5 heteroatoms. The highest BCUT2D eigenvalue weighted by atomic mass is 35.5. The number of nitrogens with two attached hydrogens (primary N) is 1. The third-order valence-corrected chi connectivity index (χ3v) is 1.67. The zero-order chi connectivity index (χ0) is 9.14. The second kappa shape index (κ2) is 3.51. The number of carboxylic acids is 1. The molecule has 0 saturated carbocycles. The molecular formula is C7H7ClN2O2. The van der Waals surface area contributed by atoms with Gasteiger partial charge in [-0.3, -0.25) is 9.78 Å². The van der Waals surface area contributed by atoms with Crippen molar-refractivity contribution in [2.24, 2.45) is 5.73 Å². The monoisotopic (exact) mass is 186 g/mol. The first kappa shape index (κ1) is 8.96. The third kappa shape index (κ3) is 1.72. The molecule has 0 amide bonds. The number of rotatable bonds is 2. The van der Waals surface area contributed by atoms with Gasteiger partial charge in [-0.05, 0) is 12.1 Å². The van der Waals surface area contributed by atoms with E-state index in [-0.39, 0.29) is 10.7 Å². The van der Waals surface area contributed by atoms with Gasteiger partial charge in [0.05, 0.1) is 10.7 Å². The van der Waals surface area contributed by atoms with Crippen LogP contribution in [0.25, 0.3) is 0 Å². The minimum Gasteiger partial charge on any atom is -0.480 e. The van der Waals surface area contributed by atoms with Crippen LogP contribution in [0.1, 0.15) is 11.7 Å². The summed E-state index contributed by atoms with van der Waals surface area (Å²) in [5, 5.41) is 8.81. The fourth-order valence-electron chi connectivity index (χ4n) is 0.744. The predicted molar refractivity (Wildman–Crippen MR) is 43.8 cm³/mol. The molecule has 0 spiro atoms. The van der Waals surface area contributed by atoms with Crippen LogP contribution in [-0.4, -0.2) is 16.1 Å². The SMILES string of the molecule is N[C@H](C(=O)O)c1ncccc1Cl. The highest BCUT2D eigenvalue weighted by Crippen LogP contribution is 2.17. The van der Waals surface area contributed by atoms with Crippen LogP contribution in [0.4, 0.5) is 0 Å². The Labute approximate surface area is 74.0 Å². The van der Waals surface area contributed by atoms with Crippen molar-refractivity contribution < 1.29 is 9.90 Å². The maximum absolute atomic E-state index is 10.4. The summed E-state index contributed by atoms with van der Waals surface area (Å²) in [5.41, 5.74) is 5.48. The first-order valence-electron chi connectivity index (χ1n) is 3.21. The van der Waals surface area contributed by atoms with Crippen molar-refractivity contribution >= 4 is 17.6 Å². The zero-order valence-electron chi connectivity index (χ0n) is 6.07. The second-order valence-electron chi connectivity index (χ2n) is 2.19. The number of hydrogen-bond donors (Lipinski definition) is 2. The van der Waals surface area contributed by atoms with Gasteiger partial charge in [0.1, 0.15) is 6.04 Å². The van der Waals surface area contributed by atoms with Crippen LogP contribution in [0.3, 0.4) is 0 Å². The minimum atomic E-state index is -1.15. The fourth-order valence-corrected chi connectivity index (χ4v) is 0.983. The number of halogens is 1. The average Bonchev–Trinajstić information content (AvgIpc) is 2.04. The van der Waals surface area contributed by atoms with E-state index in [0.29, 0.717) is 0 Å². The Morgan fingerprint density at radius 2 is 2.42 bits per heavy atom. The van der Waals surface area contributed by atoms with Crippen LogP contribution >= 0.6 is 11.6 Å². The van der Waals surface area contributed by atoms with Crippen molar-refractivity contribution in [2.75, 3.05) is 0 Å². The van der Waals surface area contributed by atoms with E-state index in [1.54, 1.807) is 12.1 Å². The lowest BCUT2D eigenvalue weighted by atomic mass is 10.2. The molecule has 1 aromatic heterocycles. The molecule has 0 aromatic carbocycles. The van der Waals surface area contributed by atoms with Gasteiger partial charge in [0.2, 0.25) is 0 Å². The summed E-state index contributed by atoms with van der Waals surface area (Å²) in [6, 6.07) is 2.01. The van der Waals surface area contributed by atoms with Crippen LogP contribution in [0, 0.1) is 0 Å². The summed E-state index contributed by atoms with van der Waals surface area (Å²) in [6.45, 7) is 0. The van der Waals surface area contributed by atoms with E-state index in [1.165, 1.54) is 6.20 Å². The number of carboxylic acid groups (broad SMARTS) is 1. The highest BCUT2D eigenvalue weighted by Gasteiger charge is 2.17. The standard InChI is InChI=1S/C7H7ClN2O2/c8-4-2-1-3-10-6(4)5(9)7(11)12/h1-3,5H,9H2,(H,11,12)/t5-/m0/s1. The van der Waals surface area contributed by atoms with E-state index < -0.39 is 12.0 Å². The van der Waals surface area contributed by atoms with E-state index in [2.05, 4.69) is 4.98 Å². The summed E-state index contributed by atoms with van der Waals surface area (Å²) >= 11 is 5.66. The van der Waals surface area contributed by atoms with Crippen LogP contribution in [0.15, 0.2) is 18.3 Å². The number of nitrogens with zero attached hydrogens (tertiary/aromatic N) is 1. The summed E-state index contributed by atoms with van der Waals surface area (Å²) in [4.78, 5) is 14.2. The molecule has 1 aromatic rings. The first-order valence-corrected chi connectivity index (χ1v) is 3.59. The molecule has 0 unspecified atom stereocenters. The number of hydrogen-bond acceptors (Lipinski definition) is 3. The molecule has 1 rings (SSSR count). The Morgan fingerprint density at radius 3 is 2.92 bits per heavy atom. The lowest BCUT2D eigenvalue weighted by molar-refractivity contribution is -0.138. The second-order valence-corrected chi connectivity index (χ2v) is 2.59. The summed E-state index contributed by atoms with van der Waals surface area (Å²) in [7, 11) is 0. The van der Waals surface area contributed by atoms with E-state index in [1.807, 2.05) is 0 Å². The van der Waals surface area contributed by atoms with Gasteiger partial charge >= 0.3 is 5.97 Å². The van der Waals surface area contributed by atoms with E-state index in [4.69, 9.17) is 22.4 Å². The Hall–Kier alpha value is -1.13. The van der Waals surface area contributed by atoms with Crippen LogP contribution in [-0.2, 0) is 4.79 Å². The van der Waals surface area contributed by atoms with Crippen molar-refractivity contribution in [1.29, 1.82) is 0 Å². The van der Waals surface area contributed by atoms with Gasteiger partial charge in [0.15, 0.2) is 0 Å². The smallest absolute Gasteiger partial charge is 0.326 e. The topological polar surface area (TPSA) is 76.2 Å². The number of pyridine rings is 1. The zero-order valence-corrected chi connectivity index (χ0v) is 6.82. The van der Waals surface area contributed by atoms with Crippen LogP contribution < -0.4 is 5.73 Å². The Balaban J connectivity index is 3.02. The van der Waals surface area contributed by atoms with Gasteiger partial charge in [-0.25, -0.2) is 0 Å².